The molecule has 1 aliphatic rings. The maximum atomic E-state index is 6.03. The van der Waals surface area contributed by atoms with Gasteiger partial charge in [0.05, 0.1) is 5.52 Å². The number of aromatic nitrogens is 1. The first kappa shape index (κ1) is 14.5. The smallest absolute Gasteiger partial charge is 0.0704 e. The molecule has 2 aromatic rings. The summed E-state index contributed by atoms with van der Waals surface area (Å²) in [7, 11) is 0. The molecule has 0 saturated heterocycles. The number of para-hydroxylation sites is 1. The van der Waals surface area contributed by atoms with Crippen molar-refractivity contribution in [3.8, 4) is 0 Å². The predicted octanol–water partition coefficient (Wildman–Crippen LogP) is 4.18. The van der Waals surface area contributed by atoms with Crippen LogP contribution in [0.25, 0.3) is 10.9 Å². The fourth-order valence-electron chi connectivity index (χ4n) is 3.97. The van der Waals surface area contributed by atoms with Gasteiger partial charge in [0.2, 0.25) is 0 Å². The fourth-order valence-corrected chi connectivity index (χ4v) is 3.97. The third kappa shape index (κ3) is 3.11. The van der Waals surface area contributed by atoms with Gasteiger partial charge in [0.15, 0.2) is 0 Å². The number of hydrogen-bond donors (Lipinski definition) is 1. The largest absolute Gasteiger partial charge is 0.330 e. The van der Waals surface area contributed by atoms with Gasteiger partial charge in [0.1, 0.15) is 0 Å². The molecule has 3 rings (SSSR count). The normalized spacial score (nSPS) is 26.1. The summed E-state index contributed by atoms with van der Waals surface area (Å²) < 4.78 is 0. The lowest BCUT2D eigenvalue weighted by atomic mass is 9.71. The Morgan fingerprint density at radius 2 is 2.00 bits per heavy atom. The van der Waals surface area contributed by atoms with E-state index < -0.39 is 0 Å². The Hall–Kier alpha value is -1.41. The first-order chi connectivity index (χ1) is 10.3. The second-order valence-corrected chi connectivity index (χ2v) is 6.53. The molecular weight excluding hydrogens is 256 g/mol. The van der Waals surface area contributed by atoms with E-state index in [9.17, 15) is 0 Å². The third-order valence-corrected chi connectivity index (χ3v) is 5.35. The molecule has 1 fully saturated rings. The van der Waals surface area contributed by atoms with Crippen molar-refractivity contribution in [2.45, 2.75) is 39.0 Å². The lowest BCUT2D eigenvalue weighted by Gasteiger charge is -2.35. The van der Waals surface area contributed by atoms with Crippen LogP contribution in [0, 0.1) is 17.8 Å². The zero-order valence-corrected chi connectivity index (χ0v) is 13.0. The summed E-state index contributed by atoms with van der Waals surface area (Å²) in [4.78, 5) is 4.48. The van der Waals surface area contributed by atoms with Crippen molar-refractivity contribution in [1.82, 2.24) is 4.98 Å². The Kier molecular flexibility index (Phi) is 4.54. The second-order valence-electron chi connectivity index (χ2n) is 6.53. The molecule has 21 heavy (non-hydrogen) atoms. The molecule has 1 aliphatic carbocycles. The van der Waals surface area contributed by atoms with Gasteiger partial charge in [0.25, 0.3) is 0 Å². The minimum absolute atomic E-state index is 0.694. The Morgan fingerprint density at radius 3 is 2.81 bits per heavy atom. The molecule has 3 atom stereocenters. The highest BCUT2D eigenvalue weighted by Gasteiger charge is 2.29. The zero-order valence-electron chi connectivity index (χ0n) is 13.0. The Labute approximate surface area is 127 Å². The molecule has 1 saturated carbocycles. The van der Waals surface area contributed by atoms with E-state index in [1.165, 1.54) is 36.6 Å². The van der Waals surface area contributed by atoms with Gasteiger partial charge in [-0.05, 0) is 61.3 Å². The van der Waals surface area contributed by atoms with Gasteiger partial charge in [-0.3, -0.25) is 4.98 Å². The molecule has 0 radical (unpaired) electrons. The maximum absolute atomic E-state index is 6.03. The van der Waals surface area contributed by atoms with Gasteiger partial charge in [-0.1, -0.05) is 38.0 Å². The quantitative estimate of drug-likeness (QED) is 0.913. The number of nitrogens with zero attached hydrogens (tertiary/aromatic N) is 1. The SMILES string of the molecule is CCC1CCC(CN)C(Cc2ccnc3ccccc23)C1. The average Bonchev–Trinajstić information content (AvgIpc) is 2.55. The molecule has 1 heterocycles. The van der Waals surface area contributed by atoms with E-state index >= 15 is 0 Å². The van der Waals surface area contributed by atoms with Crippen LogP contribution in [0.5, 0.6) is 0 Å². The Morgan fingerprint density at radius 1 is 1.14 bits per heavy atom. The molecule has 2 N–H and O–H groups in total. The van der Waals surface area contributed by atoms with Crippen molar-refractivity contribution in [1.29, 1.82) is 0 Å². The number of pyridine rings is 1. The number of hydrogen-bond acceptors (Lipinski definition) is 2. The van der Waals surface area contributed by atoms with Crippen molar-refractivity contribution in [2.24, 2.45) is 23.5 Å². The summed E-state index contributed by atoms with van der Waals surface area (Å²) >= 11 is 0. The van der Waals surface area contributed by atoms with Crippen molar-refractivity contribution in [3.63, 3.8) is 0 Å². The molecule has 0 aliphatic heterocycles. The molecule has 0 amide bonds. The number of nitrogens with two attached hydrogens (primary N) is 1. The monoisotopic (exact) mass is 282 g/mol. The molecule has 3 unspecified atom stereocenters. The highest BCUT2D eigenvalue weighted by molar-refractivity contribution is 5.81. The Balaban J connectivity index is 1.85. The molecule has 1 aromatic carbocycles. The van der Waals surface area contributed by atoms with Gasteiger partial charge in [-0.15, -0.1) is 0 Å². The van der Waals surface area contributed by atoms with E-state index in [-0.39, 0.29) is 0 Å². The van der Waals surface area contributed by atoms with E-state index in [1.807, 2.05) is 6.20 Å². The number of benzene rings is 1. The molecule has 2 heteroatoms. The van der Waals surface area contributed by atoms with E-state index in [0.29, 0.717) is 5.92 Å². The van der Waals surface area contributed by atoms with Crippen molar-refractivity contribution in [3.05, 3.63) is 42.1 Å². The maximum Gasteiger partial charge on any atom is 0.0704 e. The average molecular weight is 282 g/mol. The first-order valence-electron chi connectivity index (χ1n) is 8.34. The second kappa shape index (κ2) is 6.57. The van der Waals surface area contributed by atoms with Crippen LogP contribution in [0.15, 0.2) is 36.5 Å². The number of fused-ring (bicyclic) bond motifs is 1. The summed E-state index contributed by atoms with van der Waals surface area (Å²) in [5.74, 6) is 2.32. The summed E-state index contributed by atoms with van der Waals surface area (Å²) in [5.41, 5.74) is 8.59. The molecule has 0 bridgehead atoms. The molecule has 2 nitrogen and oxygen atoms in total. The van der Waals surface area contributed by atoms with Gasteiger partial charge in [-0.25, -0.2) is 0 Å². The molecular formula is C19H26N2. The van der Waals surface area contributed by atoms with Crippen molar-refractivity contribution < 1.29 is 0 Å². The van der Waals surface area contributed by atoms with Crippen molar-refractivity contribution in [2.75, 3.05) is 6.54 Å². The highest BCUT2D eigenvalue weighted by Crippen LogP contribution is 2.37. The third-order valence-electron chi connectivity index (χ3n) is 5.35. The highest BCUT2D eigenvalue weighted by atomic mass is 14.6. The van der Waals surface area contributed by atoms with Crippen LogP contribution in [0.1, 0.15) is 38.2 Å². The summed E-state index contributed by atoms with van der Waals surface area (Å²) in [6.07, 6.45) is 8.44. The van der Waals surface area contributed by atoms with Crippen LogP contribution in [-0.4, -0.2) is 11.5 Å². The summed E-state index contributed by atoms with van der Waals surface area (Å²) in [6.45, 7) is 3.16. The lowest BCUT2D eigenvalue weighted by molar-refractivity contribution is 0.180. The van der Waals surface area contributed by atoms with Gasteiger partial charge < -0.3 is 5.73 Å². The van der Waals surface area contributed by atoms with E-state index in [0.717, 1.165) is 30.3 Å². The van der Waals surface area contributed by atoms with Gasteiger partial charge in [0, 0.05) is 11.6 Å². The van der Waals surface area contributed by atoms with E-state index in [2.05, 4.69) is 42.2 Å². The van der Waals surface area contributed by atoms with E-state index in [1.54, 1.807) is 0 Å². The van der Waals surface area contributed by atoms with Crippen LogP contribution in [-0.2, 0) is 6.42 Å². The summed E-state index contributed by atoms with van der Waals surface area (Å²) in [6, 6.07) is 10.7. The summed E-state index contributed by atoms with van der Waals surface area (Å²) in [5, 5.41) is 1.31. The number of rotatable bonds is 4. The van der Waals surface area contributed by atoms with Crippen molar-refractivity contribution >= 4 is 10.9 Å². The van der Waals surface area contributed by atoms with E-state index in [4.69, 9.17) is 5.73 Å². The fraction of sp³-hybridized carbons (Fsp3) is 0.526. The Bertz CT molecular complexity index is 588. The molecule has 0 spiro atoms. The minimum Gasteiger partial charge on any atom is -0.330 e. The molecule has 1 aromatic heterocycles. The van der Waals surface area contributed by atoms with Crippen LogP contribution in [0.3, 0.4) is 0 Å². The topological polar surface area (TPSA) is 38.9 Å². The van der Waals surface area contributed by atoms with Crippen LogP contribution < -0.4 is 5.73 Å². The lowest BCUT2D eigenvalue weighted by Crippen LogP contribution is -2.31. The van der Waals surface area contributed by atoms with Crippen LogP contribution in [0.2, 0.25) is 0 Å². The first-order valence-corrected chi connectivity index (χ1v) is 8.34. The minimum atomic E-state index is 0.694. The zero-order chi connectivity index (χ0) is 14.7. The van der Waals surface area contributed by atoms with Crippen LogP contribution >= 0.6 is 0 Å². The predicted molar refractivity (Wildman–Crippen MR) is 89.1 cm³/mol. The standard InChI is InChI=1S/C19H26N2/c1-2-14-7-8-16(13-20)17(11-14)12-15-9-10-21-19-6-4-3-5-18(15)19/h3-6,9-10,14,16-17H,2,7-8,11-13,20H2,1H3. The van der Waals surface area contributed by atoms with Gasteiger partial charge >= 0.3 is 0 Å². The van der Waals surface area contributed by atoms with Gasteiger partial charge in [-0.2, -0.15) is 0 Å². The van der Waals surface area contributed by atoms with Crippen LogP contribution in [0.4, 0.5) is 0 Å². The molecule has 112 valence electrons.